The summed E-state index contributed by atoms with van der Waals surface area (Å²) in [5, 5.41) is 9.01. The van der Waals surface area contributed by atoms with Crippen LogP contribution in [-0.4, -0.2) is 11.1 Å². The fourth-order valence-electron chi connectivity index (χ4n) is 3.01. The predicted octanol–water partition coefficient (Wildman–Crippen LogP) is 3.70. The second kappa shape index (κ2) is 5.00. The number of carbonyl (C=O) groups is 1. The van der Waals surface area contributed by atoms with Crippen molar-refractivity contribution in [2.75, 3.05) is 0 Å². The van der Waals surface area contributed by atoms with Gasteiger partial charge in [-0.2, -0.15) is 0 Å². The zero-order valence-electron chi connectivity index (χ0n) is 10.3. The molecule has 0 bridgehead atoms. The summed E-state index contributed by atoms with van der Waals surface area (Å²) in [7, 11) is 0. The van der Waals surface area contributed by atoms with E-state index in [1.807, 2.05) is 0 Å². The van der Waals surface area contributed by atoms with Crippen molar-refractivity contribution in [2.24, 2.45) is 17.3 Å². The number of carboxylic acids is 1. The highest BCUT2D eigenvalue weighted by Crippen LogP contribution is 2.45. The van der Waals surface area contributed by atoms with Crippen molar-refractivity contribution in [3.05, 3.63) is 0 Å². The maximum Gasteiger partial charge on any atom is 0.303 e. The topological polar surface area (TPSA) is 37.3 Å². The van der Waals surface area contributed by atoms with Crippen molar-refractivity contribution in [2.45, 2.75) is 59.3 Å². The number of carboxylic acid groups (broad SMARTS) is 1. The van der Waals surface area contributed by atoms with Crippen LogP contribution in [0.2, 0.25) is 0 Å². The van der Waals surface area contributed by atoms with Gasteiger partial charge in [-0.15, -0.1) is 0 Å². The average molecular weight is 212 g/mol. The first-order valence-electron chi connectivity index (χ1n) is 6.15. The molecule has 1 N–H and O–H groups in total. The van der Waals surface area contributed by atoms with Gasteiger partial charge in [0.15, 0.2) is 0 Å². The normalized spacial score (nSPS) is 31.9. The lowest BCUT2D eigenvalue weighted by atomic mass is 9.65. The minimum atomic E-state index is -0.620. The predicted molar refractivity (Wildman–Crippen MR) is 61.8 cm³/mol. The van der Waals surface area contributed by atoms with Crippen molar-refractivity contribution < 1.29 is 9.90 Å². The van der Waals surface area contributed by atoms with E-state index in [1.54, 1.807) is 0 Å². The third kappa shape index (κ3) is 3.84. The molecule has 1 saturated carbocycles. The minimum absolute atomic E-state index is 0.104. The second-order valence-corrected chi connectivity index (χ2v) is 5.85. The Kier molecular flexibility index (Phi) is 4.18. The van der Waals surface area contributed by atoms with Gasteiger partial charge in [0.2, 0.25) is 0 Å². The first-order valence-corrected chi connectivity index (χ1v) is 6.15. The fourth-order valence-corrected chi connectivity index (χ4v) is 3.01. The molecule has 88 valence electrons. The summed E-state index contributed by atoms with van der Waals surface area (Å²) < 4.78 is 0. The van der Waals surface area contributed by atoms with Gasteiger partial charge < -0.3 is 5.11 Å². The Morgan fingerprint density at radius 3 is 2.33 bits per heavy atom. The van der Waals surface area contributed by atoms with Crippen molar-refractivity contribution in [1.29, 1.82) is 0 Å². The molecule has 0 unspecified atom stereocenters. The van der Waals surface area contributed by atoms with Gasteiger partial charge in [-0.3, -0.25) is 4.79 Å². The minimum Gasteiger partial charge on any atom is -0.481 e. The standard InChI is InChI=1S/C13H24O2/c1-10(2)8-13(9-12(14)15)6-4-11(3)5-7-13/h10-11H,4-9H2,1-3H3,(H,14,15). The van der Waals surface area contributed by atoms with Crippen LogP contribution in [-0.2, 0) is 4.79 Å². The lowest BCUT2D eigenvalue weighted by molar-refractivity contribution is -0.140. The number of hydrogen-bond donors (Lipinski definition) is 1. The summed E-state index contributed by atoms with van der Waals surface area (Å²) in [4.78, 5) is 10.9. The lowest BCUT2D eigenvalue weighted by Gasteiger charge is -2.39. The van der Waals surface area contributed by atoms with Crippen molar-refractivity contribution in [3.8, 4) is 0 Å². The lowest BCUT2D eigenvalue weighted by Crippen LogP contribution is -2.31. The summed E-state index contributed by atoms with van der Waals surface area (Å²) in [6.45, 7) is 6.67. The van der Waals surface area contributed by atoms with Crippen LogP contribution in [0.4, 0.5) is 0 Å². The second-order valence-electron chi connectivity index (χ2n) is 5.85. The summed E-state index contributed by atoms with van der Waals surface area (Å²) in [5.41, 5.74) is 0.104. The molecule has 0 aliphatic heterocycles. The van der Waals surface area contributed by atoms with E-state index < -0.39 is 5.97 Å². The molecule has 0 aromatic carbocycles. The molecule has 2 heteroatoms. The fraction of sp³-hybridized carbons (Fsp3) is 0.923. The smallest absolute Gasteiger partial charge is 0.303 e. The highest BCUT2D eigenvalue weighted by Gasteiger charge is 2.36. The Hall–Kier alpha value is -0.530. The highest BCUT2D eigenvalue weighted by atomic mass is 16.4. The maximum absolute atomic E-state index is 10.9. The third-order valence-corrected chi connectivity index (χ3v) is 3.70. The molecule has 1 fully saturated rings. The highest BCUT2D eigenvalue weighted by molar-refractivity contribution is 5.67. The monoisotopic (exact) mass is 212 g/mol. The van der Waals surface area contributed by atoms with Crippen LogP contribution in [0.15, 0.2) is 0 Å². The van der Waals surface area contributed by atoms with Gasteiger partial charge in [0, 0.05) is 0 Å². The van der Waals surface area contributed by atoms with Gasteiger partial charge in [-0.25, -0.2) is 0 Å². The molecule has 0 radical (unpaired) electrons. The summed E-state index contributed by atoms with van der Waals surface area (Å²) >= 11 is 0. The van der Waals surface area contributed by atoms with E-state index >= 15 is 0 Å². The molecule has 0 saturated heterocycles. The van der Waals surface area contributed by atoms with E-state index in [0.29, 0.717) is 12.3 Å². The van der Waals surface area contributed by atoms with Gasteiger partial charge in [-0.05, 0) is 36.5 Å². The van der Waals surface area contributed by atoms with E-state index in [-0.39, 0.29) is 5.41 Å². The molecule has 15 heavy (non-hydrogen) atoms. The van der Waals surface area contributed by atoms with Crippen LogP contribution >= 0.6 is 0 Å². The van der Waals surface area contributed by atoms with Gasteiger partial charge in [0.25, 0.3) is 0 Å². The summed E-state index contributed by atoms with van der Waals surface area (Å²) in [6, 6.07) is 0. The van der Waals surface area contributed by atoms with Crippen LogP contribution in [0, 0.1) is 17.3 Å². The van der Waals surface area contributed by atoms with Crippen LogP contribution in [0.25, 0.3) is 0 Å². The average Bonchev–Trinajstić information content (AvgIpc) is 2.08. The molecule has 0 amide bonds. The Morgan fingerprint density at radius 1 is 1.40 bits per heavy atom. The number of aliphatic carboxylic acids is 1. The van der Waals surface area contributed by atoms with E-state index in [9.17, 15) is 4.79 Å². The molecule has 1 aliphatic rings. The first-order chi connectivity index (χ1) is 6.93. The van der Waals surface area contributed by atoms with E-state index in [4.69, 9.17) is 5.11 Å². The Balaban J connectivity index is 2.64. The zero-order chi connectivity index (χ0) is 11.5. The first kappa shape index (κ1) is 12.5. The molecule has 0 heterocycles. The SMILES string of the molecule is CC(C)CC1(CC(=O)O)CCC(C)CC1. The van der Waals surface area contributed by atoms with Crippen LogP contribution in [0.1, 0.15) is 59.3 Å². The van der Waals surface area contributed by atoms with Crippen molar-refractivity contribution in [1.82, 2.24) is 0 Å². The molecular weight excluding hydrogens is 188 g/mol. The molecule has 1 rings (SSSR count). The molecule has 2 nitrogen and oxygen atoms in total. The molecule has 0 atom stereocenters. The largest absolute Gasteiger partial charge is 0.481 e. The van der Waals surface area contributed by atoms with E-state index in [0.717, 1.165) is 25.2 Å². The maximum atomic E-state index is 10.9. The summed E-state index contributed by atoms with van der Waals surface area (Å²) in [5.74, 6) is 0.780. The quantitative estimate of drug-likeness (QED) is 0.771. The zero-order valence-corrected chi connectivity index (χ0v) is 10.3. The van der Waals surface area contributed by atoms with Gasteiger partial charge in [0.1, 0.15) is 0 Å². The Labute approximate surface area is 93.1 Å². The van der Waals surface area contributed by atoms with Crippen molar-refractivity contribution >= 4 is 5.97 Å². The van der Waals surface area contributed by atoms with E-state index in [1.165, 1.54) is 12.8 Å². The van der Waals surface area contributed by atoms with Crippen LogP contribution in [0.3, 0.4) is 0 Å². The number of hydrogen-bond acceptors (Lipinski definition) is 1. The van der Waals surface area contributed by atoms with Crippen LogP contribution in [0.5, 0.6) is 0 Å². The molecule has 0 spiro atoms. The number of rotatable bonds is 4. The molecule has 1 aliphatic carbocycles. The van der Waals surface area contributed by atoms with E-state index in [2.05, 4.69) is 20.8 Å². The Bertz CT molecular complexity index is 213. The van der Waals surface area contributed by atoms with Gasteiger partial charge in [-0.1, -0.05) is 33.6 Å². The van der Waals surface area contributed by atoms with Crippen molar-refractivity contribution in [3.63, 3.8) is 0 Å². The third-order valence-electron chi connectivity index (χ3n) is 3.70. The summed E-state index contributed by atoms with van der Waals surface area (Å²) in [6.07, 6.45) is 6.08. The van der Waals surface area contributed by atoms with Gasteiger partial charge in [0.05, 0.1) is 6.42 Å². The molecular formula is C13H24O2. The molecule has 0 aromatic rings. The Morgan fingerprint density at radius 2 is 1.93 bits per heavy atom. The van der Waals surface area contributed by atoms with Crippen LogP contribution < -0.4 is 0 Å². The van der Waals surface area contributed by atoms with Gasteiger partial charge >= 0.3 is 5.97 Å². The molecule has 0 aromatic heterocycles.